The first-order valence-electron chi connectivity index (χ1n) is 8.97. The number of anilines is 1. The van der Waals surface area contributed by atoms with Crippen LogP contribution in [0.2, 0.25) is 0 Å². The van der Waals surface area contributed by atoms with Crippen LogP contribution in [-0.4, -0.2) is 55.2 Å². The van der Waals surface area contributed by atoms with E-state index in [-0.39, 0.29) is 18.0 Å². The summed E-state index contributed by atoms with van der Waals surface area (Å²) in [7, 11) is 0. The zero-order chi connectivity index (χ0) is 19.9. The van der Waals surface area contributed by atoms with Gasteiger partial charge >= 0.3 is 6.61 Å². The van der Waals surface area contributed by atoms with Gasteiger partial charge in [0.05, 0.1) is 13.2 Å². The second kappa shape index (κ2) is 9.54. The maximum Gasteiger partial charge on any atom is 0.387 e. The van der Waals surface area contributed by atoms with Crippen LogP contribution in [0.5, 0.6) is 11.5 Å². The number of hydrogen-bond acceptors (Lipinski definition) is 6. The SMILES string of the molecule is CCOc1cccc(CN=C(N)N2CCN(c3nccs3)CC2)c1OC(F)F. The highest BCUT2D eigenvalue weighted by Gasteiger charge is 2.20. The fourth-order valence-electron chi connectivity index (χ4n) is 2.94. The van der Waals surface area contributed by atoms with Gasteiger partial charge in [0.25, 0.3) is 0 Å². The van der Waals surface area contributed by atoms with Gasteiger partial charge in [-0.15, -0.1) is 11.3 Å². The summed E-state index contributed by atoms with van der Waals surface area (Å²) >= 11 is 1.61. The summed E-state index contributed by atoms with van der Waals surface area (Å²) in [6.07, 6.45) is 1.79. The lowest BCUT2D eigenvalue weighted by Gasteiger charge is -2.35. The molecule has 3 rings (SSSR count). The number of hydrogen-bond donors (Lipinski definition) is 1. The predicted octanol–water partition coefficient (Wildman–Crippen LogP) is 2.78. The number of ether oxygens (including phenoxy) is 2. The van der Waals surface area contributed by atoms with Gasteiger partial charge in [-0.3, -0.25) is 0 Å². The fourth-order valence-corrected chi connectivity index (χ4v) is 3.64. The van der Waals surface area contributed by atoms with Crippen molar-refractivity contribution < 1.29 is 18.3 Å². The Hall–Kier alpha value is -2.62. The molecule has 28 heavy (non-hydrogen) atoms. The third kappa shape index (κ3) is 5.00. The van der Waals surface area contributed by atoms with Gasteiger partial charge in [0.15, 0.2) is 22.6 Å². The molecule has 0 atom stereocenters. The monoisotopic (exact) mass is 411 g/mol. The first-order chi connectivity index (χ1) is 13.6. The van der Waals surface area contributed by atoms with Gasteiger partial charge in [-0.1, -0.05) is 12.1 Å². The molecule has 1 fully saturated rings. The number of rotatable bonds is 7. The van der Waals surface area contributed by atoms with E-state index in [4.69, 9.17) is 10.5 Å². The van der Waals surface area contributed by atoms with Crippen molar-refractivity contribution >= 4 is 22.4 Å². The molecule has 1 aromatic heterocycles. The number of aromatic nitrogens is 1. The zero-order valence-electron chi connectivity index (χ0n) is 15.6. The summed E-state index contributed by atoms with van der Waals surface area (Å²) in [6, 6.07) is 4.99. The lowest BCUT2D eigenvalue weighted by atomic mass is 10.2. The Bertz CT molecular complexity index is 780. The topological polar surface area (TPSA) is 76.2 Å². The van der Waals surface area contributed by atoms with Crippen LogP contribution in [0.15, 0.2) is 34.8 Å². The number of thiazole rings is 1. The van der Waals surface area contributed by atoms with Crippen LogP contribution in [0.1, 0.15) is 12.5 Å². The highest BCUT2D eigenvalue weighted by Crippen LogP contribution is 2.33. The van der Waals surface area contributed by atoms with E-state index in [1.165, 1.54) is 0 Å². The number of piperazine rings is 1. The highest BCUT2D eigenvalue weighted by molar-refractivity contribution is 7.13. The van der Waals surface area contributed by atoms with Gasteiger partial charge in [-0.05, 0) is 13.0 Å². The molecule has 1 aliphatic rings. The molecular formula is C18H23F2N5O2S. The molecule has 0 saturated carbocycles. The summed E-state index contributed by atoms with van der Waals surface area (Å²) in [5.74, 6) is 0.652. The van der Waals surface area contributed by atoms with E-state index in [9.17, 15) is 8.78 Å². The number of nitrogens with zero attached hydrogens (tertiary/aromatic N) is 4. The minimum absolute atomic E-state index is 0.00416. The van der Waals surface area contributed by atoms with Gasteiger partial charge in [-0.25, -0.2) is 9.98 Å². The molecule has 0 bridgehead atoms. The van der Waals surface area contributed by atoms with Gasteiger partial charge in [0, 0.05) is 43.3 Å². The Labute approximate surface area is 166 Å². The maximum absolute atomic E-state index is 12.8. The van der Waals surface area contributed by atoms with Crippen LogP contribution in [-0.2, 0) is 6.54 Å². The lowest BCUT2D eigenvalue weighted by molar-refractivity contribution is -0.0520. The Balaban J connectivity index is 1.65. The molecule has 2 heterocycles. The average molecular weight is 411 g/mol. The van der Waals surface area contributed by atoms with Crippen molar-refractivity contribution in [2.75, 3.05) is 37.7 Å². The molecule has 2 aromatic rings. The summed E-state index contributed by atoms with van der Waals surface area (Å²) < 4.78 is 35.7. The number of benzene rings is 1. The zero-order valence-corrected chi connectivity index (χ0v) is 16.4. The first-order valence-corrected chi connectivity index (χ1v) is 9.85. The molecule has 0 amide bonds. The average Bonchev–Trinajstić information content (AvgIpc) is 3.23. The number of guanidine groups is 1. The summed E-state index contributed by atoms with van der Waals surface area (Å²) in [5.41, 5.74) is 6.63. The molecule has 1 aromatic carbocycles. The molecule has 7 nitrogen and oxygen atoms in total. The highest BCUT2D eigenvalue weighted by atomic mass is 32.1. The Kier molecular flexibility index (Phi) is 6.85. The quantitative estimate of drug-likeness (QED) is 0.558. The normalized spacial score (nSPS) is 15.2. The molecule has 152 valence electrons. The van der Waals surface area contributed by atoms with E-state index in [0.29, 0.717) is 31.2 Å². The number of nitrogens with two attached hydrogens (primary N) is 1. The number of halogens is 2. The molecule has 0 radical (unpaired) electrons. The number of alkyl halides is 2. The van der Waals surface area contributed by atoms with Crippen LogP contribution < -0.4 is 20.1 Å². The fraction of sp³-hybridized carbons (Fsp3) is 0.444. The van der Waals surface area contributed by atoms with Crippen LogP contribution in [0, 0.1) is 0 Å². The first kappa shape index (κ1) is 20.1. The lowest BCUT2D eigenvalue weighted by Crippen LogP contribution is -2.51. The molecule has 2 N–H and O–H groups in total. The van der Waals surface area contributed by atoms with Crippen LogP contribution in [0.4, 0.5) is 13.9 Å². The maximum atomic E-state index is 12.8. The summed E-state index contributed by atoms with van der Waals surface area (Å²) in [4.78, 5) is 12.9. The van der Waals surface area contributed by atoms with E-state index in [0.717, 1.165) is 18.2 Å². The molecule has 0 spiro atoms. The van der Waals surface area contributed by atoms with Crippen molar-refractivity contribution in [1.29, 1.82) is 0 Å². The Morgan fingerprint density at radius 1 is 1.32 bits per heavy atom. The van der Waals surface area contributed by atoms with Crippen molar-refractivity contribution in [2.45, 2.75) is 20.1 Å². The van der Waals surface area contributed by atoms with Crippen molar-refractivity contribution in [3.05, 3.63) is 35.3 Å². The van der Waals surface area contributed by atoms with Crippen LogP contribution in [0.25, 0.3) is 0 Å². The minimum Gasteiger partial charge on any atom is -0.490 e. The van der Waals surface area contributed by atoms with Crippen LogP contribution in [0.3, 0.4) is 0 Å². The van der Waals surface area contributed by atoms with E-state index >= 15 is 0 Å². The number of aliphatic imine (C=N–C) groups is 1. The minimum atomic E-state index is -2.94. The van der Waals surface area contributed by atoms with Crippen molar-refractivity contribution in [3.8, 4) is 11.5 Å². The second-order valence-corrected chi connectivity index (χ2v) is 6.89. The molecule has 10 heteroatoms. The van der Waals surface area contributed by atoms with E-state index in [2.05, 4.69) is 19.6 Å². The van der Waals surface area contributed by atoms with Gasteiger partial charge < -0.3 is 25.0 Å². The Morgan fingerprint density at radius 2 is 2.11 bits per heavy atom. The van der Waals surface area contributed by atoms with E-state index < -0.39 is 6.61 Å². The molecular weight excluding hydrogens is 388 g/mol. The smallest absolute Gasteiger partial charge is 0.387 e. The Morgan fingerprint density at radius 3 is 2.75 bits per heavy atom. The van der Waals surface area contributed by atoms with Crippen molar-refractivity contribution in [1.82, 2.24) is 9.88 Å². The predicted molar refractivity (Wildman–Crippen MR) is 105 cm³/mol. The second-order valence-electron chi connectivity index (χ2n) is 6.02. The number of para-hydroxylation sites is 1. The third-order valence-corrected chi connectivity index (χ3v) is 5.10. The van der Waals surface area contributed by atoms with E-state index in [1.54, 1.807) is 42.7 Å². The van der Waals surface area contributed by atoms with Crippen LogP contribution >= 0.6 is 11.3 Å². The van der Waals surface area contributed by atoms with Gasteiger partial charge in [0.1, 0.15) is 0 Å². The molecule has 1 saturated heterocycles. The molecule has 0 unspecified atom stereocenters. The van der Waals surface area contributed by atoms with E-state index in [1.807, 2.05) is 10.3 Å². The molecule has 1 aliphatic heterocycles. The van der Waals surface area contributed by atoms with Gasteiger partial charge in [-0.2, -0.15) is 8.78 Å². The third-order valence-electron chi connectivity index (χ3n) is 4.27. The van der Waals surface area contributed by atoms with Gasteiger partial charge in [0.2, 0.25) is 0 Å². The molecule has 0 aliphatic carbocycles. The largest absolute Gasteiger partial charge is 0.490 e. The van der Waals surface area contributed by atoms with Crippen molar-refractivity contribution in [3.63, 3.8) is 0 Å². The van der Waals surface area contributed by atoms with Crippen molar-refractivity contribution in [2.24, 2.45) is 10.7 Å². The summed E-state index contributed by atoms with van der Waals surface area (Å²) in [5, 5.41) is 2.95. The summed E-state index contributed by atoms with van der Waals surface area (Å²) in [6.45, 7) is 2.33. The standard InChI is InChI=1S/C18H23F2N5O2S/c1-2-26-14-5-3-4-13(15(14)27-16(19)20)12-23-17(21)24-7-9-25(10-8-24)18-22-6-11-28-18/h3-6,11,16H,2,7-10,12H2,1H3,(H2,21,23).